The number of ether oxygens (including phenoxy) is 3. The third-order valence-corrected chi connectivity index (χ3v) is 3.13. The first-order chi connectivity index (χ1) is 10.5. The second-order valence-electron chi connectivity index (χ2n) is 4.48. The Kier molecular flexibility index (Phi) is 4.40. The summed E-state index contributed by atoms with van der Waals surface area (Å²) >= 11 is 0. The van der Waals surface area contributed by atoms with Gasteiger partial charge in [0.15, 0.2) is 11.5 Å². The number of hydrogen-bond donors (Lipinski definition) is 3. The van der Waals surface area contributed by atoms with Crippen molar-refractivity contribution in [2.75, 3.05) is 32.8 Å². The van der Waals surface area contributed by atoms with Gasteiger partial charge in [0.05, 0.1) is 26.9 Å². The van der Waals surface area contributed by atoms with Crippen molar-refractivity contribution in [3.63, 3.8) is 0 Å². The van der Waals surface area contributed by atoms with Crippen molar-refractivity contribution in [2.45, 2.75) is 6.42 Å². The van der Waals surface area contributed by atoms with Crippen LogP contribution in [-0.4, -0.2) is 36.4 Å². The standard InChI is InChI=1S/C14H18N4O4/c1-20-9-5-7(6-10(21-2)11(9)19)4-8-12(15)17-14(16)18-13(8)22-3/h5-6,19H,4H2,1-3H3,(H4,15,16,17,18). The van der Waals surface area contributed by atoms with Crippen LogP contribution in [0.25, 0.3) is 0 Å². The smallest absolute Gasteiger partial charge is 0.225 e. The molecule has 22 heavy (non-hydrogen) atoms. The predicted octanol–water partition coefficient (Wildman–Crippen LogP) is 0.963. The van der Waals surface area contributed by atoms with E-state index in [1.807, 2.05) is 0 Å². The number of nitrogens with two attached hydrogens (primary N) is 2. The van der Waals surface area contributed by atoms with Crippen LogP contribution < -0.4 is 25.7 Å². The fraction of sp³-hybridized carbons (Fsp3) is 0.286. The Morgan fingerprint density at radius 1 is 1.00 bits per heavy atom. The number of phenols is 1. The van der Waals surface area contributed by atoms with Crippen LogP contribution in [0.5, 0.6) is 23.1 Å². The molecule has 5 N–H and O–H groups in total. The molecule has 0 saturated carbocycles. The topological polar surface area (TPSA) is 126 Å². The molecule has 8 nitrogen and oxygen atoms in total. The van der Waals surface area contributed by atoms with Gasteiger partial charge in [-0.25, -0.2) is 0 Å². The summed E-state index contributed by atoms with van der Waals surface area (Å²) in [7, 11) is 4.39. The van der Waals surface area contributed by atoms with Gasteiger partial charge in [0.25, 0.3) is 0 Å². The quantitative estimate of drug-likeness (QED) is 0.745. The lowest BCUT2D eigenvalue weighted by Crippen LogP contribution is -2.07. The maximum Gasteiger partial charge on any atom is 0.225 e. The van der Waals surface area contributed by atoms with Crippen LogP contribution in [0.2, 0.25) is 0 Å². The molecule has 1 aromatic carbocycles. The highest BCUT2D eigenvalue weighted by Crippen LogP contribution is 2.38. The first-order valence-corrected chi connectivity index (χ1v) is 6.39. The molecule has 0 fully saturated rings. The molecule has 1 heterocycles. The Morgan fingerprint density at radius 3 is 2.09 bits per heavy atom. The van der Waals surface area contributed by atoms with Gasteiger partial charge in [0.2, 0.25) is 17.6 Å². The number of benzene rings is 1. The van der Waals surface area contributed by atoms with Crippen LogP contribution in [-0.2, 0) is 6.42 Å². The molecule has 0 unspecified atom stereocenters. The van der Waals surface area contributed by atoms with Gasteiger partial charge >= 0.3 is 0 Å². The Hall–Kier alpha value is -2.90. The highest BCUT2D eigenvalue weighted by molar-refractivity contribution is 5.56. The maximum absolute atomic E-state index is 9.93. The monoisotopic (exact) mass is 306 g/mol. The van der Waals surface area contributed by atoms with E-state index in [9.17, 15) is 5.11 Å². The SMILES string of the molecule is COc1cc(Cc2c(N)nc(N)nc2OC)cc(OC)c1O. The zero-order chi connectivity index (χ0) is 16.3. The van der Waals surface area contributed by atoms with Gasteiger partial charge < -0.3 is 30.8 Å². The summed E-state index contributed by atoms with van der Waals surface area (Å²) in [5.74, 6) is 1.10. The Labute approximate surface area is 127 Å². The summed E-state index contributed by atoms with van der Waals surface area (Å²) in [6.45, 7) is 0. The summed E-state index contributed by atoms with van der Waals surface area (Å²) in [6, 6.07) is 3.35. The normalized spacial score (nSPS) is 10.3. The fourth-order valence-electron chi connectivity index (χ4n) is 2.09. The second kappa shape index (κ2) is 6.25. The molecule has 2 rings (SSSR count). The van der Waals surface area contributed by atoms with Gasteiger partial charge in [-0.15, -0.1) is 0 Å². The fourth-order valence-corrected chi connectivity index (χ4v) is 2.09. The number of nitrogens with zero attached hydrogens (tertiary/aromatic N) is 2. The number of anilines is 2. The van der Waals surface area contributed by atoms with Crippen molar-refractivity contribution in [3.8, 4) is 23.1 Å². The Balaban J connectivity index is 2.47. The van der Waals surface area contributed by atoms with Crippen molar-refractivity contribution in [1.82, 2.24) is 9.97 Å². The van der Waals surface area contributed by atoms with Crippen molar-refractivity contribution in [3.05, 3.63) is 23.3 Å². The summed E-state index contributed by atoms with van der Waals surface area (Å²) in [6.07, 6.45) is 0.363. The Morgan fingerprint density at radius 2 is 1.59 bits per heavy atom. The largest absolute Gasteiger partial charge is 0.502 e. The minimum Gasteiger partial charge on any atom is -0.502 e. The first-order valence-electron chi connectivity index (χ1n) is 6.39. The number of aromatic nitrogens is 2. The molecule has 0 spiro atoms. The molecule has 8 heteroatoms. The third-order valence-electron chi connectivity index (χ3n) is 3.13. The molecule has 0 radical (unpaired) electrons. The molecule has 0 saturated heterocycles. The third kappa shape index (κ3) is 2.90. The van der Waals surface area contributed by atoms with E-state index in [2.05, 4.69) is 9.97 Å². The molecule has 0 aliphatic carbocycles. The minimum atomic E-state index is -0.0674. The lowest BCUT2D eigenvalue weighted by molar-refractivity contribution is 0.339. The number of rotatable bonds is 5. The summed E-state index contributed by atoms with van der Waals surface area (Å²) < 4.78 is 15.4. The zero-order valence-electron chi connectivity index (χ0n) is 12.6. The second-order valence-corrected chi connectivity index (χ2v) is 4.48. The number of aromatic hydroxyl groups is 1. The molecule has 0 bridgehead atoms. The number of hydrogen-bond acceptors (Lipinski definition) is 8. The van der Waals surface area contributed by atoms with Gasteiger partial charge in [-0.1, -0.05) is 0 Å². The van der Waals surface area contributed by atoms with Gasteiger partial charge in [0.1, 0.15) is 5.82 Å². The number of phenolic OH excluding ortho intramolecular Hbond substituents is 1. The van der Waals surface area contributed by atoms with E-state index in [0.29, 0.717) is 29.4 Å². The molecule has 0 aliphatic rings. The van der Waals surface area contributed by atoms with Crippen molar-refractivity contribution >= 4 is 11.8 Å². The maximum atomic E-state index is 9.93. The highest BCUT2D eigenvalue weighted by atomic mass is 16.5. The van der Waals surface area contributed by atoms with E-state index >= 15 is 0 Å². The predicted molar refractivity (Wildman–Crippen MR) is 81.4 cm³/mol. The van der Waals surface area contributed by atoms with Gasteiger partial charge in [0, 0.05) is 6.42 Å². The molecule has 2 aromatic rings. The van der Waals surface area contributed by atoms with Crippen LogP contribution in [0.1, 0.15) is 11.1 Å². The van der Waals surface area contributed by atoms with Crippen LogP contribution in [0.15, 0.2) is 12.1 Å². The molecule has 0 atom stereocenters. The number of methoxy groups -OCH3 is 3. The summed E-state index contributed by atoms with van der Waals surface area (Å²) in [5, 5.41) is 9.93. The van der Waals surface area contributed by atoms with Crippen molar-refractivity contribution < 1.29 is 19.3 Å². The Bertz CT molecular complexity index is 666. The summed E-state index contributed by atoms with van der Waals surface area (Å²) in [4.78, 5) is 7.94. The van der Waals surface area contributed by atoms with E-state index in [1.165, 1.54) is 21.3 Å². The van der Waals surface area contributed by atoms with Crippen molar-refractivity contribution in [2.24, 2.45) is 0 Å². The highest BCUT2D eigenvalue weighted by Gasteiger charge is 2.16. The van der Waals surface area contributed by atoms with E-state index < -0.39 is 0 Å². The molecule has 1 aromatic heterocycles. The molecule has 118 valence electrons. The molecular formula is C14H18N4O4. The van der Waals surface area contributed by atoms with Crippen molar-refractivity contribution in [1.29, 1.82) is 0 Å². The lowest BCUT2D eigenvalue weighted by Gasteiger charge is -2.13. The van der Waals surface area contributed by atoms with E-state index in [0.717, 1.165) is 5.56 Å². The van der Waals surface area contributed by atoms with Gasteiger partial charge in [-0.05, 0) is 17.7 Å². The average Bonchev–Trinajstić information content (AvgIpc) is 2.50. The van der Waals surface area contributed by atoms with Crippen LogP contribution >= 0.6 is 0 Å². The minimum absolute atomic E-state index is 0.0407. The lowest BCUT2D eigenvalue weighted by atomic mass is 10.0. The summed E-state index contributed by atoms with van der Waals surface area (Å²) in [5.41, 5.74) is 12.8. The first kappa shape index (κ1) is 15.5. The van der Waals surface area contributed by atoms with E-state index in [4.69, 9.17) is 25.7 Å². The number of nitrogen functional groups attached to an aromatic ring is 2. The van der Waals surface area contributed by atoms with E-state index in [-0.39, 0.29) is 17.5 Å². The average molecular weight is 306 g/mol. The molecule has 0 amide bonds. The van der Waals surface area contributed by atoms with Crippen LogP contribution in [0, 0.1) is 0 Å². The molecular weight excluding hydrogens is 288 g/mol. The van der Waals surface area contributed by atoms with Crippen LogP contribution in [0.3, 0.4) is 0 Å². The molecule has 0 aliphatic heterocycles. The van der Waals surface area contributed by atoms with Gasteiger partial charge in [-0.2, -0.15) is 9.97 Å². The zero-order valence-corrected chi connectivity index (χ0v) is 12.6. The van der Waals surface area contributed by atoms with E-state index in [1.54, 1.807) is 12.1 Å². The van der Waals surface area contributed by atoms with Crippen LogP contribution in [0.4, 0.5) is 11.8 Å². The van der Waals surface area contributed by atoms with Gasteiger partial charge in [-0.3, -0.25) is 0 Å².